The van der Waals surface area contributed by atoms with Crippen molar-refractivity contribution in [3.63, 3.8) is 0 Å². The van der Waals surface area contributed by atoms with Gasteiger partial charge in [-0.2, -0.15) is 0 Å². The molecule has 0 atom stereocenters. The normalized spacial score (nSPS) is 16.1. The summed E-state index contributed by atoms with van der Waals surface area (Å²) in [6, 6.07) is 9.90. The fourth-order valence-electron chi connectivity index (χ4n) is 3.78. The summed E-state index contributed by atoms with van der Waals surface area (Å²) >= 11 is 0. The van der Waals surface area contributed by atoms with E-state index >= 15 is 0 Å². The van der Waals surface area contributed by atoms with Crippen LogP contribution < -0.4 is 25.4 Å². The quantitative estimate of drug-likeness (QED) is 0.636. The van der Waals surface area contributed by atoms with Crippen LogP contribution in [0.4, 0.5) is 17.3 Å². The molecule has 0 bridgehead atoms. The van der Waals surface area contributed by atoms with Crippen molar-refractivity contribution in [3.8, 4) is 11.5 Å². The molecule has 9 heteroatoms. The average Bonchev–Trinajstić information content (AvgIpc) is 3.45. The highest BCUT2D eigenvalue weighted by molar-refractivity contribution is 5.75. The number of hydrogen-bond acceptors (Lipinski definition) is 9. The summed E-state index contributed by atoms with van der Waals surface area (Å²) in [5, 5.41) is 3.23. The molecule has 3 aromatic rings. The molecule has 9 nitrogen and oxygen atoms in total. The van der Waals surface area contributed by atoms with Crippen LogP contribution in [-0.2, 0) is 13.1 Å². The Morgan fingerprint density at radius 3 is 2.73 bits per heavy atom. The van der Waals surface area contributed by atoms with E-state index in [4.69, 9.17) is 19.6 Å². The number of nitrogens with one attached hydrogen (secondary N) is 1. The molecule has 0 aliphatic carbocycles. The summed E-state index contributed by atoms with van der Waals surface area (Å²) in [5.41, 5.74) is 8.15. The summed E-state index contributed by atoms with van der Waals surface area (Å²) < 4.78 is 16.2. The van der Waals surface area contributed by atoms with Crippen molar-refractivity contribution in [2.45, 2.75) is 13.1 Å². The van der Waals surface area contributed by atoms with E-state index in [1.807, 2.05) is 18.2 Å². The Hall–Kier alpha value is -3.46. The van der Waals surface area contributed by atoms with Gasteiger partial charge < -0.3 is 29.8 Å². The number of nitrogens with two attached hydrogens (primary N) is 1. The van der Waals surface area contributed by atoms with Crippen LogP contribution in [0.1, 0.15) is 11.3 Å². The maximum absolute atomic E-state index is 6.36. The summed E-state index contributed by atoms with van der Waals surface area (Å²) in [5.74, 6) is 3.87. The first-order valence-corrected chi connectivity index (χ1v) is 9.99. The number of hydrogen-bond donors (Lipinski definition) is 2. The number of piperazine rings is 1. The summed E-state index contributed by atoms with van der Waals surface area (Å²) in [6.07, 6.45) is 3.20. The van der Waals surface area contributed by atoms with Gasteiger partial charge in [0.05, 0.1) is 12.8 Å². The molecular formula is C21H24N6O3. The van der Waals surface area contributed by atoms with Crippen molar-refractivity contribution in [2.24, 2.45) is 0 Å². The lowest BCUT2D eigenvalue weighted by Crippen LogP contribution is -2.46. The van der Waals surface area contributed by atoms with Gasteiger partial charge in [0.2, 0.25) is 6.79 Å². The molecule has 1 saturated heterocycles. The van der Waals surface area contributed by atoms with Gasteiger partial charge in [-0.3, -0.25) is 4.90 Å². The van der Waals surface area contributed by atoms with E-state index in [0.29, 0.717) is 24.8 Å². The molecule has 2 aliphatic rings. The van der Waals surface area contributed by atoms with Gasteiger partial charge in [0.25, 0.3) is 0 Å². The van der Waals surface area contributed by atoms with E-state index in [1.165, 1.54) is 5.56 Å². The van der Waals surface area contributed by atoms with Gasteiger partial charge in [-0.15, -0.1) is 0 Å². The van der Waals surface area contributed by atoms with Crippen LogP contribution in [-0.4, -0.2) is 47.8 Å². The van der Waals surface area contributed by atoms with Crippen LogP contribution in [0.2, 0.25) is 0 Å². The topological polar surface area (TPSA) is 102 Å². The number of anilines is 3. The van der Waals surface area contributed by atoms with Crippen molar-refractivity contribution in [2.75, 3.05) is 48.9 Å². The number of nitrogen functional groups attached to an aromatic ring is 1. The molecule has 0 radical (unpaired) electrons. The summed E-state index contributed by atoms with van der Waals surface area (Å²) in [7, 11) is 0. The Morgan fingerprint density at radius 2 is 1.90 bits per heavy atom. The van der Waals surface area contributed by atoms with Crippen LogP contribution >= 0.6 is 0 Å². The number of furan rings is 1. The van der Waals surface area contributed by atoms with Crippen LogP contribution in [0.25, 0.3) is 0 Å². The third kappa shape index (κ3) is 3.84. The molecule has 0 unspecified atom stereocenters. The zero-order chi connectivity index (χ0) is 20.3. The third-order valence-corrected chi connectivity index (χ3v) is 5.39. The SMILES string of the molecule is Nc1c(NCc2ccco2)ncnc1N1CCN(Cc2ccc3c(c2)OCO3)CC1. The Kier molecular flexibility index (Phi) is 5.02. The largest absolute Gasteiger partial charge is 0.467 e. The van der Waals surface area contributed by atoms with Gasteiger partial charge in [-0.25, -0.2) is 9.97 Å². The van der Waals surface area contributed by atoms with E-state index in [2.05, 4.69) is 37.2 Å². The van der Waals surface area contributed by atoms with E-state index in [-0.39, 0.29) is 0 Å². The zero-order valence-corrected chi connectivity index (χ0v) is 16.6. The van der Waals surface area contributed by atoms with Crippen molar-refractivity contribution in [1.29, 1.82) is 0 Å². The Labute approximate surface area is 174 Å². The lowest BCUT2D eigenvalue weighted by atomic mass is 10.1. The fourth-order valence-corrected chi connectivity index (χ4v) is 3.78. The minimum Gasteiger partial charge on any atom is -0.467 e. The predicted octanol–water partition coefficient (Wildman–Crippen LogP) is 2.31. The zero-order valence-electron chi connectivity index (χ0n) is 16.6. The highest BCUT2D eigenvalue weighted by Crippen LogP contribution is 2.33. The van der Waals surface area contributed by atoms with Crippen LogP contribution in [0.5, 0.6) is 11.5 Å². The number of fused-ring (bicyclic) bond motifs is 1. The third-order valence-electron chi connectivity index (χ3n) is 5.39. The van der Waals surface area contributed by atoms with Gasteiger partial charge in [0.1, 0.15) is 17.8 Å². The minimum absolute atomic E-state index is 0.302. The minimum atomic E-state index is 0.302. The highest BCUT2D eigenvalue weighted by atomic mass is 16.7. The van der Waals surface area contributed by atoms with E-state index in [0.717, 1.165) is 55.8 Å². The number of ether oxygens (including phenoxy) is 2. The molecule has 5 rings (SSSR count). The molecule has 2 aromatic heterocycles. The Bertz CT molecular complexity index is 1000. The predicted molar refractivity (Wildman–Crippen MR) is 113 cm³/mol. The van der Waals surface area contributed by atoms with E-state index in [9.17, 15) is 0 Å². The molecule has 3 N–H and O–H groups in total. The van der Waals surface area contributed by atoms with Crippen molar-refractivity contribution in [1.82, 2.24) is 14.9 Å². The maximum Gasteiger partial charge on any atom is 0.231 e. The molecule has 1 aromatic carbocycles. The van der Waals surface area contributed by atoms with E-state index < -0.39 is 0 Å². The van der Waals surface area contributed by atoms with Gasteiger partial charge in [0, 0.05) is 32.7 Å². The molecular weight excluding hydrogens is 384 g/mol. The fraction of sp³-hybridized carbons (Fsp3) is 0.333. The number of rotatable bonds is 6. The molecule has 156 valence electrons. The van der Waals surface area contributed by atoms with Crippen LogP contribution in [0.15, 0.2) is 47.3 Å². The maximum atomic E-state index is 6.36. The molecule has 0 amide bonds. The number of aromatic nitrogens is 2. The average molecular weight is 408 g/mol. The summed E-state index contributed by atoms with van der Waals surface area (Å²) in [4.78, 5) is 13.3. The monoisotopic (exact) mass is 408 g/mol. The highest BCUT2D eigenvalue weighted by Gasteiger charge is 2.22. The molecule has 0 saturated carbocycles. The first kappa shape index (κ1) is 18.6. The first-order valence-electron chi connectivity index (χ1n) is 9.99. The van der Waals surface area contributed by atoms with Crippen LogP contribution in [0.3, 0.4) is 0 Å². The van der Waals surface area contributed by atoms with Crippen molar-refractivity contribution >= 4 is 17.3 Å². The molecule has 4 heterocycles. The summed E-state index contributed by atoms with van der Waals surface area (Å²) in [6.45, 7) is 5.25. The first-order chi connectivity index (χ1) is 14.8. The van der Waals surface area contributed by atoms with Gasteiger partial charge in [-0.05, 0) is 29.8 Å². The van der Waals surface area contributed by atoms with Gasteiger partial charge in [0.15, 0.2) is 23.1 Å². The second-order valence-electron chi connectivity index (χ2n) is 7.34. The Balaban J connectivity index is 1.19. The van der Waals surface area contributed by atoms with E-state index in [1.54, 1.807) is 12.6 Å². The Morgan fingerprint density at radius 1 is 1.03 bits per heavy atom. The van der Waals surface area contributed by atoms with Gasteiger partial charge >= 0.3 is 0 Å². The van der Waals surface area contributed by atoms with Crippen molar-refractivity contribution in [3.05, 3.63) is 54.2 Å². The number of nitrogens with zero attached hydrogens (tertiary/aromatic N) is 4. The lowest BCUT2D eigenvalue weighted by molar-refractivity contribution is 0.174. The van der Waals surface area contributed by atoms with Gasteiger partial charge in [-0.1, -0.05) is 6.07 Å². The van der Waals surface area contributed by atoms with Crippen LogP contribution in [0, 0.1) is 0 Å². The smallest absolute Gasteiger partial charge is 0.231 e. The van der Waals surface area contributed by atoms with Crippen molar-refractivity contribution < 1.29 is 13.9 Å². The molecule has 1 fully saturated rings. The molecule has 2 aliphatic heterocycles. The lowest BCUT2D eigenvalue weighted by Gasteiger charge is -2.36. The molecule has 0 spiro atoms. The standard InChI is InChI=1S/C21H24N6O3/c22-19-20(23-11-16-2-1-9-28-16)24-13-25-21(19)27-7-5-26(6-8-27)12-15-3-4-17-18(10-15)30-14-29-17/h1-4,9-10,13H,5-8,11-12,14,22H2,(H,23,24,25). The second kappa shape index (κ2) is 8.11. The second-order valence-corrected chi connectivity index (χ2v) is 7.34. The number of benzene rings is 1. The molecule has 30 heavy (non-hydrogen) atoms.